The van der Waals surface area contributed by atoms with E-state index in [0.717, 1.165) is 30.2 Å². The Morgan fingerprint density at radius 1 is 0.895 bits per heavy atom. The van der Waals surface area contributed by atoms with Crippen molar-refractivity contribution in [2.45, 2.75) is 90.1 Å². The van der Waals surface area contributed by atoms with Crippen LogP contribution in [-0.2, 0) is 11.2 Å². The summed E-state index contributed by atoms with van der Waals surface area (Å²) in [5.41, 5.74) is 9.87. The molecule has 0 N–H and O–H groups in total. The van der Waals surface area contributed by atoms with Crippen LogP contribution in [-0.4, -0.2) is 13.7 Å². The van der Waals surface area contributed by atoms with Crippen LogP contribution in [0.2, 0.25) is 5.02 Å². The maximum atomic E-state index is 7.00. The molecular formula is C35H43ClO2. The van der Waals surface area contributed by atoms with Crippen LogP contribution in [0, 0.1) is 17.8 Å². The Labute approximate surface area is 234 Å². The van der Waals surface area contributed by atoms with Gasteiger partial charge in [-0.05, 0) is 118 Å². The van der Waals surface area contributed by atoms with E-state index in [1.54, 1.807) is 0 Å². The third-order valence-corrected chi connectivity index (χ3v) is 10.4. The molecular weight excluding hydrogens is 488 g/mol. The molecule has 2 aromatic carbocycles. The molecule has 2 fully saturated rings. The fraction of sp³-hybridized carbons (Fsp3) is 0.543. The molecule has 4 aliphatic rings. The molecule has 5 atom stereocenters. The molecule has 2 saturated carbocycles. The normalized spacial score (nSPS) is 29.3. The average Bonchev–Trinajstić information content (AvgIpc) is 3.71. The Morgan fingerprint density at radius 3 is 2.39 bits per heavy atom. The van der Waals surface area contributed by atoms with Crippen LogP contribution in [0.5, 0.6) is 5.75 Å². The maximum absolute atomic E-state index is 7.00. The van der Waals surface area contributed by atoms with Gasteiger partial charge in [0.1, 0.15) is 11.9 Å². The van der Waals surface area contributed by atoms with Crippen molar-refractivity contribution in [2.75, 3.05) is 13.7 Å². The number of allylic oxidation sites excluding steroid dienone is 4. The summed E-state index contributed by atoms with van der Waals surface area (Å²) in [4.78, 5) is 0. The minimum Gasteiger partial charge on any atom is -0.485 e. The molecule has 0 radical (unpaired) electrons. The van der Waals surface area contributed by atoms with Crippen LogP contribution in [0.4, 0.5) is 0 Å². The predicted octanol–water partition coefficient (Wildman–Crippen LogP) is 9.73. The lowest BCUT2D eigenvalue weighted by Crippen LogP contribution is -2.33. The summed E-state index contributed by atoms with van der Waals surface area (Å²) in [6.07, 6.45) is 12.2. The Morgan fingerprint density at radius 2 is 1.66 bits per heavy atom. The van der Waals surface area contributed by atoms with Gasteiger partial charge in [0.15, 0.2) is 0 Å². The Hall–Kier alpha value is -2.03. The minimum atomic E-state index is 0.0506. The lowest BCUT2D eigenvalue weighted by atomic mass is 9.71. The summed E-state index contributed by atoms with van der Waals surface area (Å²) < 4.78 is 12.7. The zero-order valence-electron chi connectivity index (χ0n) is 23.6. The third-order valence-electron chi connectivity index (χ3n) is 10.1. The van der Waals surface area contributed by atoms with Crippen molar-refractivity contribution in [3.8, 4) is 5.75 Å². The van der Waals surface area contributed by atoms with E-state index in [2.05, 4.69) is 63.2 Å². The number of fused-ring (bicyclic) bond motifs is 1. The lowest BCUT2D eigenvalue weighted by molar-refractivity contribution is 0.0251. The summed E-state index contributed by atoms with van der Waals surface area (Å²) >= 11 is 6.97. The van der Waals surface area contributed by atoms with E-state index in [1.807, 2.05) is 7.11 Å². The van der Waals surface area contributed by atoms with Crippen LogP contribution in [0.25, 0.3) is 0 Å². The van der Waals surface area contributed by atoms with Crippen molar-refractivity contribution in [1.29, 1.82) is 0 Å². The molecule has 0 bridgehead atoms. The summed E-state index contributed by atoms with van der Waals surface area (Å²) in [7, 11) is 1.85. The Kier molecular flexibility index (Phi) is 7.49. The van der Waals surface area contributed by atoms with Crippen LogP contribution >= 0.6 is 11.6 Å². The molecule has 0 spiro atoms. The molecule has 202 valence electrons. The highest BCUT2D eigenvalue weighted by Crippen LogP contribution is 2.52. The summed E-state index contributed by atoms with van der Waals surface area (Å²) in [6, 6.07) is 13.7. The molecule has 0 amide bonds. The van der Waals surface area contributed by atoms with Gasteiger partial charge in [-0.3, -0.25) is 0 Å². The first-order valence-corrected chi connectivity index (χ1v) is 15.2. The number of ether oxygens (including phenoxy) is 2. The molecule has 2 aromatic rings. The van der Waals surface area contributed by atoms with Crippen molar-refractivity contribution < 1.29 is 9.47 Å². The molecule has 0 aromatic heterocycles. The maximum Gasteiger partial charge on any atom is 0.127 e. The van der Waals surface area contributed by atoms with Gasteiger partial charge in [-0.15, -0.1) is 0 Å². The fourth-order valence-corrected chi connectivity index (χ4v) is 8.01. The standard InChI is InChI=1S/C35H43ClO2/c1-21-9-10-22(2)34(23(21)3)25-13-15-28(16-14-25)38-35-31-17-27(24-11-12-24)18-33(36)30(31)19-32(35)29-8-6-5-7-26(29)20-37-4/h10,13-18,24,26,29,32,34-35H,5-9,11-12,19-20H2,1-4H3. The quantitative estimate of drug-likeness (QED) is 0.331. The summed E-state index contributed by atoms with van der Waals surface area (Å²) in [6.45, 7) is 7.68. The molecule has 4 aliphatic carbocycles. The topological polar surface area (TPSA) is 18.5 Å². The van der Waals surface area contributed by atoms with Crippen LogP contribution in [0.1, 0.15) is 106 Å². The van der Waals surface area contributed by atoms with Crippen molar-refractivity contribution in [2.24, 2.45) is 17.8 Å². The van der Waals surface area contributed by atoms with Gasteiger partial charge >= 0.3 is 0 Å². The van der Waals surface area contributed by atoms with Crippen molar-refractivity contribution in [1.82, 2.24) is 0 Å². The lowest BCUT2D eigenvalue weighted by Gasteiger charge is -2.38. The first-order chi connectivity index (χ1) is 18.4. The van der Waals surface area contributed by atoms with Gasteiger partial charge in [-0.2, -0.15) is 0 Å². The predicted molar refractivity (Wildman–Crippen MR) is 157 cm³/mol. The van der Waals surface area contributed by atoms with Crippen LogP contribution in [0.15, 0.2) is 59.2 Å². The molecule has 0 aliphatic heterocycles. The van der Waals surface area contributed by atoms with E-state index in [-0.39, 0.29) is 6.10 Å². The number of halogens is 1. The number of hydrogen-bond donors (Lipinski definition) is 0. The largest absolute Gasteiger partial charge is 0.485 e. The zero-order chi connectivity index (χ0) is 26.4. The van der Waals surface area contributed by atoms with E-state index < -0.39 is 0 Å². The second-order valence-corrected chi connectivity index (χ2v) is 12.9. The monoisotopic (exact) mass is 530 g/mol. The van der Waals surface area contributed by atoms with Gasteiger partial charge in [0, 0.05) is 30.6 Å². The summed E-state index contributed by atoms with van der Waals surface area (Å²) in [5, 5.41) is 0.951. The minimum absolute atomic E-state index is 0.0506. The highest BCUT2D eigenvalue weighted by molar-refractivity contribution is 6.31. The Balaban J connectivity index is 1.32. The van der Waals surface area contributed by atoms with E-state index in [1.165, 1.54) is 77.5 Å². The van der Waals surface area contributed by atoms with E-state index in [0.29, 0.717) is 29.6 Å². The first kappa shape index (κ1) is 26.2. The van der Waals surface area contributed by atoms with Crippen LogP contribution < -0.4 is 4.74 Å². The van der Waals surface area contributed by atoms with E-state index >= 15 is 0 Å². The van der Waals surface area contributed by atoms with Gasteiger partial charge in [-0.25, -0.2) is 0 Å². The number of benzene rings is 2. The molecule has 3 heteroatoms. The third kappa shape index (κ3) is 5.00. The molecule has 5 unspecified atom stereocenters. The van der Waals surface area contributed by atoms with Gasteiger partial charge in [-0.1, -0.05) is 65.4 Å². The second kappa shape index (κ2) is 10.9. The fourth-order valence-electron chi connectivity index (χ4n) is 7.70. The van der Waals surface area contributed by atoms with Crippen molar-refractivity contribution in [3.63, 3.8) is 0 Å². The van der Waals surface area contributed by atoms with E-state index in [9.17, 15) is 0 Å². The van der Waals surface area contributed by atoms with Crippen molar-refractivity contribution >= 4 is 11.6 Å². The number of methoxy groups -OCH3 is 1. The molecule has 38 heavy (non-hydrogen) atoms. The van der Waals surface area contributed by atoms with Crippen LogP contribution in [0.3, 0.4) is 0 Å². The van der Waals surface area contributed by atoms with Gasteiger partial charge in [0.25, 0.3) is 0 Å². The van der Waals surface area contributed by atoms with Gasteiger partial charge in [0.05, 0.1) is 0 Å². The highest BCUT2D eigenvalue weighted by atomic mass is 35.5. The smallest absolute Gasteiger partial charge is 0.127 e. The van der Waals surface area contributed by atoms with Gasteiger partial charge < -0.3 is 9.47 Å². The Bertz CT molecular complexity index is 1230. The summed E-state index contributed by atoms with van der Waals surface area (Å²) in [5.74, 6) is 3.68. The number of hydrogen-bond acceptors (Lipinski definition) is 2. The number of rotatable bonds is 7. The SMILES string of the molecule is COCC1CCCCC1C1Cc2c(Cl)cc(C3CC3)cc2C1Oc1ccc(C2C(C)=CCC(C)=C2C)cc1. The highest BCUT2D eigenvalue weighted by Gasteiger charge is 2.44. The molecule has 6 rings (SSSR count). The molecule has 0 heterocycles. The van der Waals surface area contributed by atoms with Gasteiger partial charge in [0.2, 0.25) is 0 Å². The first-order valence-electron chi connectivity index (χ1n) is 14.8. The average molecular weight is 531 g/mol. The second-order valence-electron chi connectivity index (χ2n) is 12.5. The molecule has 0 saturated heterocycles. The zero-order valence-corrected chi connectivity index (χ0v) is 24.3. The molecule has 2 nitrogen and oxygen atoms in total. The van der Waals surface area contributed by atoms with E-state index in [4.69, 9.17) is 21.1 Å². The van der Waals surface area contributed by atoms with Crippen molar-refractivity contribution in [3.05, 3.63) is 86.5 Å².